The van der Waals surface area contributed by atoms with Gasteiger partial charge in [0.25, 0.3) is 5.56 Å². The minimum atomic E-state index is -0.490. The zero-order valence-corrected chi connectivity index (χ0v) is 21.6. The quantitative estimate of drug-likeness (QED) is 0.141. The van der Waals surface area contributed by atoms with Crippen molar-refractivity contribution in [3.05, 3.63) is 108 Å². The number of fused-ring (bicyclic) bond motifs is 1. The molecule has 8 nitrogen and oxygen atoms in total. The Labute approximate surface area is 216 Å². The first-order chi connectivity index (χ1) is 17.4. The van der Waals surface area contributed by atoms with E-state index in [4.69, 9.17) is 4.74 Å². The first-order valence-corrected chi connectivity index (χ1v) is 12.4. The molecule has 1 heterocycles. The molecule has 3 aromatic carbocycles. The van der Waals surface area contributed by atoms with Gasteiger partial charge in [0.2, 0.25) is 5.75 Å². The van der Waals surface area contributed by atoms with E-state index in [1.165, 1.54) is 17.0 Å². The molecule has 0 spiro atoms. The lowest BCUT2D eigenvalue weighted by Gasteiger charge is -2.11. The van der Waals surface area contributed by atoms with Crippen molar-refractivity contribution in [2.75, 3.05) is 0 Å². The number of unbranched alkanes of at least 4 members (excludes halogenated alkanes) is 1. The molecule has 184 valence electrons. The lowest BCUT2D eigenvalue weighted by atomic mass is 10.1. The number of nitro benzene ring substituents is 1. The minimum absolute atomic E-state index is 0.0893. The normalized spacial score (nSPS) is 11.3. The molecular formula is C27H25BrN4O4. The number of halogens is 1. The summed E-state index contributed by atoms with van der Waals surface area (Å²) in [6, 6.07) is 17.7. The topological polar surface area (TPSA) is 99.6 Å². The first kappa shape index (κ1) is 25.2. The molecule has 0 aliphatic heterocycles. The summed E-state index contributed by atoms with van der Waals surface area (Å²) >= 11 is 3.40. The Bertz CT molecular complexity index is 1500. The van der Waals surface area contributed by atoms with Gasteiger partial charge < -0.3 is 4.74 Å². The maximum absolute atomic E-state index is 13.3. The molecule has 0 atom stereocenters. The van der Waals surface area contributed by atoms with Crippen LogP contribution in [0.1, 0.15) is 42.3 Å². The summed E-state index contributed by atoms with van der Waals surface area (Å²) in [7, 11) is 0. The third-order valence-corrected chi connectivity index (χ3v) is 6.16. The van der Waals surface area contributed by atoms with Crippen molar-refractivity contribution in [1.82, 2.24) is 9.66 Å². The molecular weight excluding hydrogens is 524 g/mol. The summed E-state index contributed by atoms with van der Waals surface area (Å²) in [6.07, 6.45) is 3.76. The summed E-state index contributed by atoms with van der Waals surface area (Å²) in [5.74, 6) is 0.618. The number of rotatable bonds is 9. The van der Waals surface area contributed by atoms with Gasteiger partial charge in [-0.1, -0.05) is 65.2 Å². The fourth-order valence-electron chi connectivity index (χ4n) is 3.72. The van der Waals surface area contributed by atoms with Crippen LogP contribution in [0.5, 0.6) is 5.75 Å². The summed E-state index contributed by atoms with van der Waals surface area (Å²) in [4.78, 5) is 29.2. The van der Waals surface area contributed by atoms with Gasteiger partial charge in [-0.2, -0.15) is 9.78 Å². The average molecular weight is 549 g/mol. The Morgan fingerprint density at radius 2 is 1.94 bits per heavy atom. The Morgan fingerprint density at radius 3 is 2.67 bits per heavy atom. The van der Waals surface area contributed by atoms with Crippen LogP contribution in [0.25, 0.3) is 10.9 Å². The summed E-state index contributed by atoms with van der Waals surface area (Å²) in [5.41, 5.74) is 2.49. The number of nitro groups is 1. The molecule has 4 rings (SSSR count). The van der Waals surface area contributed by atoms with E-state index in [-0.39, 0.29) is 23.6 Å². The van der Waals surface area contributed by atoms with Gasteiger partial charge in [0.05, 0.1) is 22.0 Å². The predicted molar refractivity (Wildman–Crippen MR) is 144 cm³/mol. The van der Waals surface area contributed by atoms with E-state index in [0.29, 0.717) is 28.7 Å². The maximum Gasteiger partial charge on any atom is 0.311 e. The lowest BCUT2D eigenvalue weighted by Crippen LogP contribution is -2.22. The zero-order valence-electron chi connectivity index (χ0n) is 20.0. The molecule has 0 unspecified atom stereocenters. The van der Waals surface area contributed by atoms with Crippen molar-refractivity contribution >= 4 is 38.7 Å². The average Bonchev–Trinajstić information content (AvgIpc) is 2.87. The largest absolute Gasteiger partial charge is 0.481 e. The second kappa shape index (κ2) is 11.3. The second-order valence-electron chi connectivity index (χ2n) is 8.38. The standard InChI is InChI=1S/C27H25BrN4O4/c1-3-4-8-25-30-23-14-13-21(28)15-22(23)27(33)31(25)29-16-20-6-5-7-24(32(34)35)26(20)36-17-19-11-9-18(2)10-12-19/h5-7,9-16H,3-4,8,17H2,1-2H3. The highest BCUT2D eigenvalue weighted by Crippen LogP contribution is 2.31. The molecule has 36 heavy (non-hydrogen) atoms. The number of hydrogen-bond acceptors (Lipinski definition) is 6. The summed E-state index contributed by atoms with van der Waals surface area (Å²) in [5, 5.41) is 16.6. The van der Waals surface area contributed by atoms with Crippen LogP contribution in [0, 0.1) is 17.0 Å². The number of benzene rings is 3. The molecule has 4 aromatic rings. The van der Waals surface area contributed by atoms with Gasteiger partial charge in [0.15, 0.2) is 0 Å². The molecule has 0 N–H and O–H groups in total. The fraction of sp³-hybridized carbons (Fsp3) is 0.222. The molecule has 0 amide bonds. The Hall–Kier alpha value is -3.85. The molecule has 9 heteroatoms. The van der Waals surface area contributed by atoms with Crippen molar-refractivity contribution in [1.29, 1.82) is 0 Å². The summed E-state index contributed by atoms with van der Waals surface area (Å²) in [6.45, 7) is 4.20. The van der Waals surface area contributed by atoms with E-state index in [1.807, 2.05) is 37.3 Å². The van der Waals surface area contributed by atoms with Crippen LogP contribution < -0.4 is 10.3 Å². The maximum atomic E-state index is 13.3. The van der Waals surface area contributed by atoms with E-state index in [1.54, 1.807) is 24.3 Å². The highest BCUT2D eigenvalue weighted by molar-refractivity contribution is 9.10. The van der Waals surface area contributed by atoms with Gasteiger partial charge in [-0.15, -0.1) is 0 Å². The van der Waals surface area contributed by atoms with Crippen molar-refractivity contribution in [2.45, 2.75) is 39.7 Å². The number of para-hydroxylation sites is 1. The molecule has 1 aromatic heterocycles. The van der Waals surface area contributed by atoms with Crippen LogP contribution in [0.3, 0.4) is 0 Å². The number of nitrogens with zero attached hydrogens (tertiary/aromatic N) is 4. The van der Waals surface area contributed by atoms with Crippen LogP contribution in [0.2, 0.25) is 0 Å². The number of aryl methyl sites for hydroxylation is 2. The molecule has 0 aliphatic rings. The molecule has 0 saturated carbocycles. The molecule has 0 saturated heterocycles. The fourth-order valence-corrected chi connectivity index (χ4v) is 4.08. The van der Waals surface area contributed by atoms with Gasteiger partial charge >= 0.3 is 5.69 Å². The van der Waals surface area contributed by atoms with E-state index < -0.39 is 4.92 Å². The summed E-state index contributed by atoms with van der Waals surface area (Å²) < 4.78 is 7.94. The van der Waals surface area contributed by atoms with E-state index in [0.717, 1.165) is 28.4 Å². The Kier molecular flexibility index (Phi) is 7.90. The van der Waals surface area contributed by atoms with Gasteiger partial charge in [-0.05, 0) is 43.2 Å². The van der Waals surface area contributed by atoms with Gasteiger partial charge in [-0.25, -0.2) is 4.98 Å². The molecule has 0 fully saturated rings. The molecule has 0 aliphatic carbocycles. The second-order valence-corrected chi connectivity index (χ2v) is 9.30. The first-order valence-electron chi connectivity index (χ1n) is 11.6. The highest BCUT2D eigenvalue weighted by Gasteiger charge is 2.19. The third-order valence-electron chi connectivity index (χ3n) is 5.67. The van der Waals surface area contributed by atoms with Gasteiger partial charge in [0, 0.05) is 22.5 Å². The minimum Gasteiger partial charge on any atom is -0.481 e. The lowest BCUT2D eigenvalue weighted by molar-refractivity contribution is -0.385. The van der Waals surface area contributed by atoms with Crippen LogP contribution in [-0.2, 0) is 13.0 Å². The van der Waals surface area contributed by atoms with E-state index in [9.17, 15) is 14.9 Å². The predicted octanol–water partition coefficient (Wildman–Crippen LogP) is 6.18. The van der Waals surface area contributed by atoms with Crippen molar-refractivity contribution in [3.8, 4) is 5.75 Å². The van der Waals surface area contributed by atoms with Crippen LogP contribution >= 0.6 is 15.9 Å². The number of aromatic nitrogens is 2. The van der Waals surface area contributed by atoms with E-state index >= 15 is 0 Å². The smallest absolute Gasteiger partial charge is 0.311 e. The molecule has 0 bridgehead atoms. The molecule has 0 radical (unpaired) electrons. The van der Waals surface area contributed by atoms with Crippen molar-refractivity contribution in [2.24, 2.45) is 5.10 Å². The van der Waals surface area contributed by atoms with Crippen LogP contribution in [0.4, 0.5) is 5.69 Å². The third kappa shape index (κ3) is 5.68. The van der Waals surface area contributed by atoms with Crippen LogP contribution in [-0.4, -0.2) is 20.8 Å². The van der Waals surface area contributed by atoms with Crippen molar-refractivity contribution < 1.29 is 9.66 Å². The Balaban J connectivity index is 1.76. The number of ether oxygens (including phenoxy) is 1. The van der Waals surface area contributed by atoms with Gasteiger partial charge in [0.1, 0.15) is 12.4 Å². The van der Waals surface area contributed by atoms with Crippen LogP contribution in [0.15, 0.2) is 75.0 Å². The number of hydrogen-bond donors (Lipinski definition) is 0. The zero-order chi connectivity index (χ0) is 25.7. The monoisotopic (exact) mass is 548 g/mol. The van der Waals surface area contributed by atoms with Gasteiger partial charge in [-0.3, -0.25) is 14.9 Å². The van der Waals surface area contributed by atoms with Crippen molar-refractivity contribution in [3.63, 3.8) is 0 Å². The SMILES string of the molecule is CCCCc1nc2ccc(Br)cc2c(=O)n1N=Cc1cccc([N+](=O)[O-])c1OCc1ccc(C)cc1. The Morgan fingerprint density at radius 1 is 1.17 bits per heavy atom. The highest BCUT2D eigenvalue weighted by atomic mass is 79.9. The van der Waals surface area contributed by atoms with E-state index in [2.05, 4.69) is 32.9 Å².